The molecule has 0 aromatic heterocycles. The maximum Gasteiger partial charge on any atom is 0.0680 e. The van der Waals surface area contributed by atoms with E-state index in [1.54, 1.807) is 0 Å². The van der Waals surface area contributed by atoms with Crippen molar-refractivity contribution < 1.29 is 9.84 Å². The van der Waals surface area contributed by atoms with Crippen LogP contribution in [-0.4, -0.2) is 23.9 Å². The van der Waals surface area contributed by atoms with Gasteiger partial charge in [0.05, 0.1) is 5.60 Å². The third kappa shape index (κ3) is 3.23. The van der Waals surface area contributed by atoms with Crippen molar-refractivity contribution in [2.75, 3.05) is 13.2 Å². The summed E-state index contributed by atoms with van der Waals surface area (Å²) >= 11 is 0. The van der Waals surface area contributed by atoms with E-state index in [1.807, 2.05) is 0 Å². The minimum atomic E-state index is -0.381. The first-order chi connectivity index (χ1) is 8.12. The third-order valence-corrected chi connectivity index (χ3v) is 4.85. The zero-order valence-corrected chi connectivity index (χ0v) is 11.5. The molecule has 2 fully saturated rings. The highest BCUT2D eigenvalue weighted by Gasteiger charge is 2.41. The lowest BCUT2D eigenvalue weighted by Crippen LogP contribution is -2.45. The third-order valence-electron chi connectivity index (χ3n) is 4.85. The van der Waals surface area contributed by atoms with E-state index in [1.165, 1.54) is 19.3 Å². The molecule has 0 aromatic carbocycles. The van der Waals surface area contributed by atoms with Crippen molar-refractivity contribution in [2.24, 2.45) is 17.8 Å². The summed E-state index contributed by atoms with van der Waals surface area (Å²) in [7, 11) is 0. The lowest BCUT2D eigenvalue weighted by atomic mass is 9.66. The van der Waals surface area contributed by atoms with E-state index >= 15 is 0 Å². The second-order valence-corrected chi connectivity index (χ2v) is 6.46. The van der Waals surface area contributed by atoms with Crippen LogP contribution in [0.2, 0.25) is 0 Å². The Morgan fingerprint density at radius 1 is 1.18 bits per heavy atom. The molecule has 2 unspecified atom stereocenters. The van der Waals surface area contributed by atoms with Crippen LogP contribution < -0.4 is 0 Å². The van der Waals surface area contributed by atoms with E-state index in [2.05, 4.69) is 13.8 Å². The Bertz CT molecular complexity index is 233. The smallest absolute Gasteiger partial charge is 0.0680 e. The molecule has 2 aliphatic rings. The van der Waals surface area contributed by atoms with Crippen molar-refractivity contribution in [1.82, 2.24) is 0 Å². The van der Waals surface area contributed by atoms with Gasteiger partial charge in [-0.25, -0.2) is 0 Å². The van der Waals surface area contributed by atoms with Crippen LogP contribution in [-0.2, 0) is 4.74 Å². The minimum absolute atomic E-state index is 0.381. The summed E-state index contributed by atoms with van der Waals surface area (Å²) in [6.45, 7) is 6.33. The summed E-state index contributed by atoms with van der Waals surface area (Å²) in [6.07, 6.45) is 8.06. The fourth-order valence-electron chi connectivity index (χ4n) is 3.91. The topological polar surface area (TPSA) is 29.5 Å². The van der Waals surface area contributed by atoms with Crippen molar-refractivity contribution >= 4 is 0 Å². The van der Waals surface area contributed by atoms with Gasteiger partial charge >= 0.3 is 0 Å². The molecule has 0 bridgehead atoms. The Labute approximate surface area is 106 Å². The van der Waals surface area contributed by atoms with Gasteiger partial charge in [-0.2, -0.15) is 0 Å². The van der Waals surface area contributed by atoms with Crippen molar-refractivity contribution in [3.63, 3.8) is 0 Å². The summed E-state index contributed by atoms with van der Waals surface area (Å²) in [4.78, 5) is 0. The van der Waals surface area contributed by atoms with E-state index in [-0.39, 0.29) is 5.60 Å². The number of ether oxygens (including phenoxy) is 1. The molecule has 1 heterocycles. The van der Waals surface area contributed by atoms with E-state index in [0.717, 1.165) is 38.9 Å². The van der Waals surface area contributed by atoms with Crippen LogP contribution in [0.15, 0.2) is 0 Å². The van der Waals surface area contributed by atoms with Crippen LogP contribution in [0, 0.1) is 17.8 Å². The van der Waals surface area contributed by atoms with Crippen molar-refractivity contribution in [3.8, 4) is 0 Å². The predicted molar refractivity (Wildman–Crippen MR) is 69.9 cm³/mol. The van der Waals surface area contributed by atoms with E-state index in [9.17, 15) is 5.11 Å². The van der Waals surface area contributed by atoms with Gasteiger partial charge in [0.25, 0.3) is 0 Å². The maximum absolute atomic E-state index is 11.0. The van der Waals surface area contributed by atoms with Crippen molar-refractivity contribution in [1.29, 1.82) is 0 Å². The van der Waals surface area contributed by atoms with Gasteiger partial charge in [0.1, 0.15) is 0 Å². The molecule has 1 saturated heterocycles. The monoisotopic (exact) mass is 240 g/mol. The molecule has 1 aliphatic heterocycles. The van der Waals surface area contributed by atoms with Crippen LogP contribution in [0.5, 0.6) is 0 Å². The Hall–Kier alpha value is -0.0800. The molecule has 2 heteroatoms. The molecule has 17 heavy (non-hydrogen) atoms. The second-order valence-electron chi connectivity index (χ2n) is 6.46. The Morgan fingerprint density at radius 2 is 1.88 bits per heavy atom. The second kappa shape index (κ2) is 5.71. The molecule has 0 spiro atoms. The molecule has 2 nitrogen and oxygen atoms in total. The fraction of sp³-hybridized carbons (Fsp3) is 1.00. The lowest BCUT2D eigenvalue weighted by Gasteiger charge is -2.44. The predicted octanol–water partition coefficient (Wildman–Crippen LogP) is 3.38. The van der Waals surface area contributed by atoms with Crippen LogP contribution >= 0.6 is 0 Å². The molecule has 100 valence electrons. The number of aliphatic hydroxyl groups is 1. The standard InChI is InChI=1S/C15H28O2/c1-12(2)14-5-3-4-8-15(14,16)11-13-6-9-17-10-7-13/h12-14,16H,3-11H2,1-2H3. The number of rotatable bonds is 3. The van der Waals surface area contributed by atoms with Gasteiger partial charge in [0.2, 0.25) is 0 Å². The van der Waals surface area contributed by atoms with Crippen LogP contribution in [0.4, 0.5) is 0 Å². The zero-order chi connectivity index (χ0) is 12.3. The highest BCUT2D eigenvalue weighted by Crippen LogP contribution is 2.43. The van der Waals surface area contributed by atoms with Crippen molar-refractivity contribution in [3.05, 3.63) is 0 Å². The highest BCUT2D eigenvalue weighted by atomic mass is 16.5. The van der Waals surface area contributed by atoms with Crippen LogP contribution in [0.3, 0.4) is 0 Å². The zero-order valence-electron chi connectivity index (χ0n) is 11.5. The van der Waals surface area contributed by atoms with Gasteiger partial charge in [-0.15, -0.1) is 0 Å². The van der Waals surface area contributed by atoms with Gasteiger partial charge in [-0.1, -0.05) is 26.7 Å². The van der Waals surface area contributed by atoms with Gasteiger partial charge in [-0.3, -0.25) is 0 Å². The highest BCUT2D eigenvalue weighted by molar-refractivity contribution is 4.93. The maximum atomic E-state index is 11.0. The molecular formula is C15H28O2. The van der Waals surface area contributed by atoms with Gasteiger partial charge in [-0.05, 0) is 49.9 Å². The largest absolute Gasteiger partial charge is 0.390 e. The summed E-state index contributed by atoms with van der Waals surface area (Å²) in [5.74, 6) is 1.81. The quantitative estimate of drug-likeness (QED) is 0.819. The normalized spacial score (nSPS) is 36.4. The van der Waals surface area contributed by atoms with E-state index in [0.29, 0.717) is 17.8 Å². The minimum Gasteiger partial charge on any atom is -0.390 e. The average Bonchev–Trinajstić information content (AvgIpc) is 2.30. The fourth-order valence-corrected chi connectivity index (χ4v) is 3.91. The first-order valence-corrected chi connectivity index (χ1v) is 7.42. The average molecular weight is 240 g/mol. The number of hydrogen-bond donors (Lipinski definition) is 1. The van der Waals surface area contributed by atoms with Crippen molar-refractivity contribution in [2.45, 2.75) is 64.4 Å². The molecule has 0 aromatic rings. The Balaban J connectivity index is 1.98. The summed E-state index contributed by atoms with van der Waals surface area (Å²) in [5.41, 5.74) is -0.381. The molecule has 2 atom stereocenters. The first-order valence-electron chi connectivity index (χ1n) is 7.42. The Morgan fingerprint density at radius 3 is 2.53 bits per heavy atom. The number of hydrogen-bond acceptors (Lipinski definition) is 2. The molecule has 0 amide bonds. The van der Waals surface area contributed by atoms with Gasteiger partial charge in [0.15, 0.2) is 0 Å². The SMILES string of the molecule is CC(C)C1CCCCC1(O)CC1CCOCC1. The molecular weight excluding hydrogens is 212 g/mol. The first kappa shape index (κ1) is 13.4. The molecule has 1 saturated carbocycles. The van der Waals surface area contributed by atoms with E-state index in [4.69, 9.17) is 4.74 Å². The van der Waals surface area contributed by atoms with Gasteiger partial charge in [0, 0.05) is 13.2 Å². The summed E-state index contributed by atoms with van der Waals surface area (Å²) in [6, 6.07) is 0. The summed E-state index contributed by atoms with van der Waals surface area (Å²) in [5, 5.41) is 11.0. The van der Waals surface area contributed by atoms with Crippen LogP contribution in [0.25, 0.3) is 0 Å². The lowest BCUT2D eigenvalue weighted by molar-refractivity contribution is -0.0909. The Kier molecular flexibility index (Phi) is 4.48. The molecule has 1 aliphatic carbocycles. The summed E-state index contributed by atoms with van der Waals surface area (Å²) < 4.78 is 5.41. The molecule has 2 rings (SSSR count). The molecule has 1 N–H and O–H groups in total. The molecule has 0 radical (unpaired) electrons. The van der Waals surface area contributed by atoms with Gasteiger partial charge < -0.3 is 9.84 Å². The van der Waals surface area contributed by atoms with E-state index < -0.39 is 0 Å². The van der Waals surface area contributed by atoms with Crippen LogP contribution in [0.1, 0.15) is 58.8 Å².